The molecular formula is C14H19F3N2S. The van der Waals surface area contributed by atoms with Crippen LogP contribution in [0.1, 0.15) is 31.2 Å². The van der Waals surface area contributed by atoms with Gasteiger partial charge in [-0.1, -0.05) is 6.42 Å². The summed E-state index contributed by atoms with van der Waals surface area (Å²) in [5, 5.41) is 3.46. The van der Waals surface area contributed by atoms with Crippen molar-refractivity contribution in [1.82, 2.24) is 5.32 Å². The Morgan fingerprint density at radius 3 is 2.70 bits per heavy atom. The summed E-state index contributed by atoms with van der Waals surface area (Å²) in [5.41, 5.74) is 5.22. The van der Waals surface area contributed by atoms with Gasteiger partial charge >= 0.3 is 6.18 Å². The molecule has 6 heteroatoms. The summed E-state index contributed by atoms with van der Waals surface area (Å²) in [6, 6.07) is 4.11. The molecule has 1 fully saturated rings. The SMILES string of the molecule is Nc1cc(C(F)(F)F)ccc1SCCC1CCCCN1. The first-order valence-electron chi connectivity index (χ1n) is 6.80. The van der Waals surface area contributed by atoms with E-state index in [0.717, 1.165) is 35.7 Å². The Morgan fingerprint density at radius 1 is 1.30 bits per heavy atom. The molecule has 0 spiro atoms. The monoisotopic (exact) mass is 304 g/mol. The molecular weight excluding hydrogens is 285 g/mol. The molecule has 1 aliphatic heterocycles. The fourth-order valence-electron chi connectivity index (χ4n) is 2.34. The Balaban J connectivity index is 1.86. The molecule has 1 aromatic carbocycles. The molecule has 112 valence electrons. The standard InChI is InChI=1S/C14H19F3N2S/c15-14(16,17)10-4-5-13(12(18)9-10)20-8-6-11-3-1-2-7-19-11/h4-5,9,11,19H,1-3,6-8,18H2. The molecule has 0 aliphatic carbocycles. The minimum Gasteiger partial charge on any atom is -0.398 e. The summed E-state index contributed by atoms with van der Waals surface area (Å²) in [7, 11) is 0. The number of benzene rings is 1. The lowest BCUT2D eigenvalue weighted by Gasteiger charge is -2.23. The first-order valence-corrected chi connectivity index (χ1v) is 7.78. The van der Waals surface area contributed by atoms with Gasteiger partial charge in [-0.3, -0.25) is 0 Å². The summed E-state index contributed by atoms with van der Waals surface area (Å²) >= 11 is 1.53. The number of nitrogen functional groups attached to an aromatic ring is 1. The molecule has 3 N–H and O–H groups in total. The van der Waals surface area contributed by atoms with Crippen LogP contribution in [0.25, 0.3) is 0 Å². The molecule has 1 saturated heterocycles. The van der Waals surface area contributed by atoms with Crippen LogP contribution in [0.5, 0.6) is 0 Å². The number of halogens is 3. The number of rotatable bonds is 4. The highest BCUT2D eigenvalue weighted by atomic mass is 32.2. The van der Waals surface area contributed by atoms with E-state index in [4.69, 9.17) is 5.73 Å². The van der Waals surface area contributed by atoms with Gasteiger partial charge in [-0.25, -0.2) is 0 Å². The predicted octanol–water partition coefficient (Wildman–Crippen LogP) is 3.91. The molecule has 0 bridgehead atoms. The minimum absolute atomic E-state index is 0.210. The first-order chi connectivity index (χ1) is 9.47. The van der Waals surface area contributed by atoms with E-state index in [1.165, 1.54) is 37.1 Å². The number of hydrogen-bond acceptors (Lipinski definition) is 3. The van der Waals surface area contributed by atoms with Crippen LogP contribution in [-0.4, -0.2) is 18.3 Å². The largest absolute Gasteiger partial charge is 0.416 e. The number of nitrogens with one attached hydrogen (secondary N) is 1. The Bertz CT molecular complexity index is 443. The van der Waals surface area contributed by atoms with Crippen molar-refractivity contribution in [3.8, 4) is 0 Å². The zero-order valence-electron chi connectivity index (χ0n) is 11.2. The topological polar surface area (TPSA) is 38.0 Å². The first kappa shape index (κ1) is 15.5. The highest BCUT2D eigenvalue weighted by Gasteiger charge is 2.30. The van der Waals surface area contributed by atoms with E-state index in [9.17, 15) is 13.2 Å². The predicted molar refractivity (Wildman–Crippen MR) is 76.8 cm³/mol. The maximum absolute atomic E-state index is 12.5. The summed E-state index contributed by atoms with van der Waals surface area (Å²) in [5.74, 6) is 0.868. The third-order valence-corrected chi connectivity index (χ3v) is 4.60. The van der Waals surface area contributed by atoms with Crippen molar-refractivity contribution in [2.75, 3.05) is 18.0 Å². The van der Waals surface area contributed by atoms with Crippen LogP contribution in [0.3, 0.4) is 0 Å². The van der Waals surface area contributed by atoms with Crippen LogP contribution in [0.15, 0.2) is 23.1 Å². The van der Waals surface area contributed by atoms with Crippen LogP contribution in [0, 0.1) is 0 Å². The second kappa shape index (κ2) is 6.72. The van der Waals surface area contributed by atoms with Crippen molar-refractivity contribution in [2.45, 2.75) is 42.8 Å². The molecule has 0 radical (unpaired) electrons. The normalized spacial score (nSPS) is 20.1. The van der Waals surface area contributed by atoms with Crippen LogP contribution in [0.4, 0.5) is 18.9 Å². The van der Waals surface area contributed by atoms with E-state index in [1.807, 2.05) is 0 Å². The summed E-state index contributed by atoms with van der Waals surface area (Å²) in [4.78, 5) is 0.730. The summed E-state index contributed by atoms with van der Waals surface area (Å²) < 4.78 is 37.6. The van der Waals surface area contributed by atoms with Gasteiger partial charge in [0.1, 0.15) is 0 Å². The zero-order valence-corrected chi connectivity index (χ0v) is 12.0. The summed E-state index contributed by atoms with van der Waals surface area (Å²) in [6.07, 6.45) is 0.359. The van der Waals surface area contributed by atoms with E-state index in [0.29, 0.717) is 6.04 Å². The molecule has 1 heterocycles. The van der Waals surface area contributed by atoms with E-state index >= 15 is 0 Å². The number of nitrogens with two attached hydrogens (primary N) is 1. The van der Waals surface area contributed by atoms with Crippen molar-refractivity contribution in [1.29, 1.82) is 0 Å². The van der Waals surface area contributed by atoms with Gasteiger partial charge in [-0.05, 0) is 49.8 Å². The average molecular weight is 304 g/mol. The van der Waals surface area contributed by atoms with Gasteiger partial charge < -0.3 is 11.1 Å². The fourth-order valence-corrected chi connectivity index (χ4v) is 3.35. The number of thioether (sulfide) groups is 1. The molecule has 2 rings (SSSR count). The Hall–Kier alpha value is -0.880. The van der Waals surface area contributed by atoms with Gasteiger partial charge in [0, 0.05) is 16.6 Å². The van der Waals surface area contributed by atoms with E-state index in [-0.39, 0.29) is 5.69 Å². The lowest BCUT2D eigenvalue weighted by Crippen LogP contribution is -2.34. The number of anilines is 1. The second-order valence-electron chi connectivity index (χ2n) is 5.03. The quantitative estimate of drug-likeness (QED) is 0.654. The Morgan fingerprint density at radius 2 is 2.10 bits per heavy atom. The van der Waals surface area contributed by atoms with Crippen molar-refractivity contribution < 1.29 is 13.2 Å². The fraction of sp³-hybridized carbons (Fsp3) is 0.571. The molecule has 1 unspecified atom stereocenters. The Labute approximate surface area is 121 Å². The molecule has 0 amide bonds. The van der Waals surface area contributed by atoms with Crippen LogP contribution in [0.2, 0.25) is 0 Å². The molecule has 2 nitrogen and oxygen atoms in total. The van der Waals surface area contributed by atoms with Crippen molar-refractivity contribution in [2.24, 2.45) is 0 Å². The maximum Gasteiger partial charge on any atom is 0.416 e. The molecule has 1 aromatic rings. The lowest BCUT2D eigenvalue weighted by atomic mass is 10.0. The van der Waals surface area contributed by atoms with E-state index in [2.05, 4.69) is 5.32 Å². The molecule has 1 atom stereocenters. The second-order valence-corrected chi connectivity index (χ2v) is 6.17. The Kier molecular flexibility index (Phi) is 5.21. The highest BCUT2D eigenvalue weighted by molar-refractivity contribution is 7.99. The smallest absolute Gasteiger partial charge is 0.398 e. The van der Waals surface area contributed by atoms with Gasteiger partial charge in [0.25, 0.3) is 0 Å². The van der Waals surface area contributed by atoms with Gasteiger partial charge in [-0.15, -0.1) is 11.8 Å². The highest BCUT2D eigenvalue weighted by Crippen LogP contribution is 2.34. The molecule has 0 saturated carbocycles. The molecule has 0 aromatic heterocycles. The van der Waals surface area contributed by atoms with Crippen molar-refractivity contribution in [3.63, 3.8) is 0 Å². The molecule has 20 heavy (non-hydrogen) atoms. The third-order valence-electron chi connectivity index (χ3n) is 3.47. The van der Waals surface area contributed by atoms with Crippen LogP contribution < -0.4 is 11.1 Å². The average Bonchev–Trinajstić information content (AvgIpc) is 2.40. The minimum atomic E-state index is -4.33. The van der Waals surface area contributed by atoms with Crippen molar-refractivity contribution >= 4 is 17.4 Å². The van der Waals surface area contributed by atoms with Crippen molar-refractivity contribution in [3.05, 3.63) is 23.8 Å². The van der Waals surface area contributed by atoms with Gasteiger partial charge in [-0.2, -0.15) is 13.2 Å². The zero-order chi connectivity index (χ0) is 14.6. The molecule has 1 aliphatic rings. The number of alkyl halides is 3. The van der Waals surface area contributed by atoms with Gasteiger partial charge in [0.15, 0.2) is 0 Å². The summed E-state index contributed by atoms with van der Waals surface area (Å²) in [6.45, 7) is 1.07. The number of piperidine rings is 1. The van der Waals surface area contributed by atoms with E-state index < -0.39 is 11.7 Å². The third kappa shape index (κ3) is 4.31. The lowest BCUT2D eigenvalue weighted by molar-refractivity contribution is -0.137. The number of hydrogen-bond donors (Lipinski definition) is 2. The van der Waals surface area contributed by atoms with Crippen LogP contribution in [-0.2, 0) is 6.18 Å². The van der Waals surface area contributed by atoms with E-state index in [1.54, 1.807) is 0 Å². The maximum atomic E-state index is 12.5. The van der Waals surface area contributed by atoms with Gasteiger partial charge in [0.2, 0.25) is 0 Å². The van der Waals surface area contributed by atoms with Crippen LogP contribution >= 0.6 is 11.8 Å². The van der Waals surface area contributed by atoms with Gasteiger partial charge in [0.05, 0.1) is 5.56 Å².